The number of phosphoric acid groups is 1. The Balaban J connectivity index is 4.40. The van der Waals surface area contributed by atoms with Crippen LogP contribution in [0.25, 0.3) is 0 Å². The van der Waals surface area contributed by atoms with Crippen molar-refractivity contribution in [2.45, 2.75) is 225 Å². The van der Waals surface area contributed by atoms with Gasteiger partial charge < -0.3 is 19.8 Å². The van der Waals surface area contributed by atoms with Gasteiger partial charge in [-0.05, 0) is 83.5 Å². The van der Waals surface area contributed by atoms with Crippen molar-refractivity contribution in [1.29, 1.82) is 0 Å². The van der Waals surface area contributed by atoms with Crippen LogP contribution in [0.2, 0.25) is 0 Å². The quantitative estimate of drug-likeness (QED) is 0.0243. The number of rotatable bonds is 47. The summed E-state index contributed by atoms with van der Waals surface area (Å²) in [5, 5.41) is 13.9. The van der Waals surface area contributed by atoms with E-state index in [0.717, 1.165) is 83.5 Å². The number of quaternary nitrogens is 1. The molecule has 3 unspecified atom stereocenters. The normalized spacial score (nSPS) is 14.8. The van der Waals surface area contributed by atoms with Crippen molar-refractivity contribution in [1.82, 2.24) is 5.32 Å². The Labute approximate surface area is 401 Å². The van der Waals surface area contributed by atoms with E-state index < -0.39 is 20.0 Å². The highest BCUT2D eigenvalue weighted by molar-refractivity contribution is 7.47. The average molecular weight is 930 g/mol. The van der Waals surface area contributed by atoms with Crippen LogP contribution in [-0.2, 0) is 18.4 Å². The summed E-state index contributed by atoms with van der Waals surface area (Å²) in [4.78, 5) is 23.2. The largest absolute Gasteiger partial charge is 0.472 e. The molecule has 1 amide bonds. The van der Waals surface area contributed by atoms with Gasteiger partial charge in [0, 0.05) is 6.42 Å². The minimum atomic E-state index is -4.37. The summed E-state index contributed by atoms with van der Waals surface area (Å²) >= 11 is 0. The van der Waals surface area contributed by atoms with Gasteiger partial charge in [-0.1, -0.05) is 208 Å². The number of amides is 1. The van der Waals surface area contributed by atoms with Crippen LogP contribution < -0.4 is 5.32 Å². The first-order valence-electron chi connectivity index (χ1n) is 26.5. The molecule has 376 valence electrons. The molecular weight excluding hydrogens is 828 g/mol. The van der Waals surface area contributed by atoms with Crippen LogP contribution in [0.15, 0.2) is 85.1 Å². The zero-order chi connectivity index (χ0) is 47.8. The number of carbonyl (C=O) groups is 1. The van der Waals surface area contributed by atoms with Gasteiger partial charge in [0.2, 0.25) is 5.91 Å². The fourth-order valence-corrected chi connectivity index (χ4v) is 7.92. The molecule has 0 spiro atoms. The highest BCUT2D eigenvalue weighted by Crippen LogP contribution is 2.43. The zero-order valence-corrected chi connectivity index (χ0v) is 43.6. The molecule has 9 heteroatoms. The van der Waals surface area contributed by atoms with Crippen molar-refractivity contribution >= 4 is 13.7 Å². The molecule has 0 bridgehead atoms. The van der Waals surface area contributed by atoms with Gasteiger partial charge in [-0.2, -0.15) is 0 Å². The van der Waals surface area contributed by atoms with Gasteiger partial charge in [0.05, 0.1) is 39.9 Å². The van der Waals surface area contributed by atoms with Crippen molar-refractivity contribution in [2.24, 2.45) is 0 Å². The van der Waals surface area contributed by atoms with E-state index in [1.165, 1.54) is 109 Å². The van der Waals surface area contributed by atoms with Crippen LogP contribution in [0, 0.1) is 0 Å². The van der Waals surface area contributed by atoms with Crippen molar-refractivity contribution in [3.63, 3.8) is 0 Å². The first-order chi connectivity index (χ1) is 31.5. The molecule has 0 saturated heterocycles. The van der Waals surface area contributed by atoms with Gasteiger partial charge in [-0.15, -0.1) is 0 Å². The number of aliphatic hydroxyl groups is 1. The summed E-state index contributed by atoms with van der Waals surface area (Å²) in [6.07, 6.45) is 65.3. The highest BCUT2D eigenvalue weighted by Gasteiger charge is 2.27. The van der Waals surface area contributed by atoms with E-state index in [-0.39, 0.29) is 19.1 Å². The molecule has 3 atom stereocenters. The lowest BCUT2D eigenvalue weighted by molar-refractivity contribution is -0.870. The molecule has 0 rings (SSSR count). The maximum absolute atomic E-state index is 12.9. The summed E-state index contributed by atoms with van der Waals surface area (Å²) in [5.74, 6) is -0.208. The van der Waals surface area contributed by atoms with Gasteiger partial charge in [0.25, 0.3) is 0 Å². The minimum absolute atomic E-state index is 0.0462. The molecule has 0 aliphatic rings. The molecule has 0 aromatic carbocycles. The molecule has 3 N–H and O–H groups in total. The number of hydrogen-bond acceptors (Lipinski definition) is 5. The summed E-state index contributed by atoms with van der Waals surface area (Å²) in [5.41, 5.74) is 0. The number of unbranched alkanes of at least 4 members (excludes halogenated alkanes) is 22. The number of likely N-dealkylation sites (N-methyl/N-ethyl adjacent to an activating group) is 1. The smallest absolute Gasteiger partial charge is 0.387 e. The first kappa shape index (κ1) is 62.7. The molecule has 0 aliphatic heterocycles. The number of carbonyl (C=O) groups excluding carboxylic acids is 1. The Morgan fingerprint density at radius 2 is 0.938 bits per heavy atom. The monoisotopic (exact) mass is 930 g/mol. The van der Waals surface area contributed by atoms with Crippen LogP contribution >= 0.6 is 7.82 Å². The van der Waals surface area contributed by atoms with Crippen LogP contribution in [-0.4, -0.2) is 73.4 Å². The van der Waals surface area contributed by atoms with Crippen molar-refractivity contribution in [2.75, 3.05) is 40.9 Å². The SMILES string of the molecule is CC/C=C\C/C=C\C/C=C\C/C=C\CCCCCCCCC(=O)NC(COP(=O)(O)OCC[N+](C)(C)C)C(O)/C=C/CC/C=C/CC/C=C/CCCCCCCCCCCCCCCC. The summed E-state index contributed by atoms with van der Waals surface area (Å²) in [6.45, 7) is 4.66. The summed E-state index contributed by atoms with van der Waals surface area (Å²) < 4.78 is 23.6. The third kappa shape index (κ3) is 49.4. The Morgan fingerprint density at radius 1 is 0.538 bits per heavy atom. The predicted octanol–water partition coefficient (Wildman–Crippen LogP) is 15.7. The molecule has 0 heterocycles. The lowest BCUT2D eigenvalue weighted by atomic mass is 10.0. The second-order valence-corrected chi connectivity index (χ2v) is 20.3. The van der Waals surface area contributed by atoms with Crippen molar-refractivity contribution < 1.29 is 32.9 Å². The zero-order valence-electron chi connectivity index (χ0n) is 42.7. The van der Waals surface area contributed by atoms with Crippen LogP contribution in [0.5, 0.6) is 0 Å². The molecule has 8 nitrogen and oxygen atoms in total. The fraction of sp³-hybridized carbons (Fsp3) is 0.732. The Bertz CT molecular complexity index is 1330. The number of allylic oxidation sites excluding steroid dienone is 13. The number of nitrogens with one attached hydrogen (secondary N) is 1. The van der Waals surface area contributed by atoms with Gasteiger partial charge in [0.15, 0.2) is 0 Å². The lowest BCUT2D eigenvalue weighted by Gasteiger charge is -2.25. The maximum atomic E-state index is 12.9. The predicted molar refractivity (Wildman–Crippen MR) is 281 cm³/mol. The van der Waals surface area contributed by atoms with Gasteiger partial charge >= 0.3 is 7.82 Å². The molecule has 0 aromatic heterocycles. The fourth-order valence-electron chi connectivity index (χ4n) is 7.18. The number of phosphoric ester groups is 1. The topological polar surface area (TPSA) is 105 Å². The van der Waals surface area contributed by atoms with E-state index in [2.05, 4.69) is 92.1 Å². The molecule has 0 saturated carbocycles. The molecule has 0 aliphatic carbocycles. The third-order valence-corrected chi connectivity index (χ3v) is 12.3. The Hall–Kier alpha value is -2.32. The summed E-state index contributed by atoms with van der Waals surface area (Å²) in [6, 6.07) is -0.883. The van der Waals surface area contributed by atoms with Crippen LogP contribution in [0.4, 0.5) is 0 Å². The van der Waals surface area contributed by atoms with E-state index in [4.69, 9.17) is 9.05 Å². The molecule has 65 heavy (non-hydrogen) atoms. The highest BCUT2D eigenvalue weighted by atomic mass is 31.2. The standard InChI is InChI=1S/C56H101N2O6P/c1-6-8-10-12-14-16-18-20-22-24-26-27-28-29-30-32-33-35-37-39-41-43-45-47-49-55(59)54(53-64-65(61,62)63-52-51-58(3,4)5)57-56(60)50-48-46-44-42-40-38-36-34-31-25-23-21-19-17-15-13-11-9-7-2/h9,11,15,17,21,23,31-34,39,41,47,49,54-55,59H,6-8,10,12-14,16,18-20,22,24-30,35-38,40,42-46,48,50-53H2,1-5H3,(H-,57,60,61,62)/p+1/b11-9-,17-15-,23-21-,33-32+,34-31-,41-39+,49-47+. The van der Waals surface area contributed by atoms with Gasteiger partial charge in [0.1, 0.15) is 13.2 Å². The second kappa shape index (κ2) is 46.8. The van der Waals surface area contributed by atoms with Crippen molar-refractivity contribution in [3.8, 4) is 0 Å². The van der Waals surface area contributed by atoms with E-state index in [9.17, 15) is 19.4 Å². The minimum Gasteiger partial charge on any atom is -0.387 e. The van der Waals surface area contributed by atoms with Crippen LogP contribution in [0.1, 0.15) is 213 Å². The lowest BCUT2D eigenvalue weighted by Crippen LogP contribution is -2.45. The van der Waals surface area contributed by atoms with E-state index in [1.807, 2.05) is 27.2 Å². The van der Waals surface area contributed by atoms with Gasteiger partial charge in [-0.25, -0.2) is 4.57 Å². The molecular formula is C56H102N2O6P+. The number of hydrogen-bond donors (Lipinski definition) is 3. The molecule has 0 fully saturated rings. The Morgan fingerprint density at radius 3 is 1.42 bits per heavy atom. The second-order valence-electron chi connectivity index (χ2n) is 18.8. The maximum Gasteiger partial charge on any atom is 0.472 e. The third-order valence-electron chi connectivity index (χ3n) is 11.3. The molecule has 0 radical (unpaired) electrons. The number of aliphatic hydroxyl groups excluding tert-OH is 1. The average Bonchev–Trinajstić information content (AvgIpc) is 3.26. The van der Waals surface area contributed by atoms with Gasteiger partial charge in [-0.3, -0.25) is 13.8 Å². The van der Waals surface area contributed by atoms with Crippen LogP contribution in [0.3, 0.4) is 0 Å². The Kier molecular flexibility index (Phi) is 45.1. The van der Waals surface area contributed by atoms with E-state index >= 15 is 0 Å². The van der Waals surface area contributed by atoms with E-state index in [1.54, 1.807) is 6.08 Å². The van der Waals surface area contributed by atoms with Crippen molar-refractivity contribution in [3.05, 3.63) is 85.1 Å². The summed E-state index contributed by atoms with van der Waals surface area (Å²) in [7, 11) is 1.52. The number of nitrogens with zero attached hydrogens (tertiary/aromatic N) is 1. The van der Waals surface area contributed by atoms with E-state index in [0.29, 0.717) is 17.4 Å². The molecule has 0 aromatic rings. The first-order valence-corrected chi connectivity index (χ1v) is 28.0.